The van der Waals surface area contributed by atoms with E-state index in [9.17, 15) is 22.0 Å². The van der Waals surface area contributed by atoms with Crippen molar-refractivity contribution in [3.63, 3.8) is 0 Å². The van der Waals surface area contributed by atoms with E-state index >= 15 is 0 Å². The van der Waals surface area contributed by atoms with Gasteiger partial charge in [0, 0.05) is 36.7 Å². The van der Waals surface area contributed by atoms with E-state index in [1.54, 1.807) is 12.1 Å². The lowest BCUT2D eigenvalue weighted by Crippen LogP contribution is -2.34. The van der Waals surface area contributed by atoms with E-state index in [2.05, 4.69) is 16.5 Å². The number of aromatic nitrogens is 2. The Kier molecular flexibility index (Phi) is 7.47. The number of carbonyl (C=O) groups is 1. The van der Waals surface area contributed by atoms with Crippen LogP contribution in [0.25, 0.3) is 11.3 Å². The van der Waals surface area contributed by atoms with Gasteiger partial charge in [-0.3, -0.25) is 4.68 Å². The Hall–Kier alpha value is -3.27. The molecule has 0 spiro atoms. The summed E-state index contributed by atoms with van der Waals surface area (Å²) in [5, 5.41) is 15.2. The van der Waals surface area contributed by atoms with Crippen molar-refractivity contribution in [3.8, 4) is 11.3 Å². The predicted molar refractivity (Wildman–Crippen MR) is 112 cm³/mol. The van der Waals surface area contributed by atoms with Gasteiger partial charge in [0.1, 0.15) is 11.6 Å². The molecular weight excluding hydrogens is 445 g/mol. The number of hydrogen-bond acceptors (Lipinski definition) is 3. The molecule has 0 aliphatic carbocycles. The number of rotatable bonds is 3. The van der Waals surface area contributed by atoms with Crippen molar-refractivity contribution in [2.75, 3.05) is 13.1 Å². The molecule has 1 aliphatic rings. The lowest BCUT2D eigenvalue weighted by molar-refractivity contribution is -0.192. The number of nitrogens with one attached hydrogen (secondary N) is 1. The maximum absolute atomic E-state index is 13.3. The smallest absolute Gasteiger partial charge is 0.475 e. The van der Waals surface area contributed by atoms with Crippen LogP contribution in [0.1, 0.15) is 29.5 Å². The zero-order chi connectivity index (χ0) is 24.2. The molecule has 0 radical (unpaired) electrons. The van der Waals surface area contributed by atoms with Crippen molar-refractivity contribution >= 4 is 5.97 Å². The molecule has 0 unspecified atom stereocenters. The van der Waals surface area contributed by atoms with Crippen molar-refractivity contribution in [1.82, 2.24) is 15.1 Å². The van der Waals surface area contributed by atoms with Gasteiger partial charge in [0.25, 0.3) is 0 Å². The first-order chi connectivity index (χ1) is 15.6. The highest BCUT2D eigenvalue weighted by Crippen LogP contribution is 2.38. The largest absolute Gasteiger partial charge is 0.490 e. The Labute approximate surface area is 186 Å². The first kappa shape index (κ1) is 24.4. The van der Waals surface area contributed by atoms with E-state index in [1.165, 1.54) is 24.3 Å². The van der Waals surface area contributed by atoms with Gasteiger partial charge in [0.05, 0.1) is 5.69 Å². The normalized spacial score (nSPS) is 18.4. The summed E-state index contributed by atoms with van der Waals surface area (Å²) in [6.45, 7) is 1.80. The SMILES string of the molecule is Cn1nc(-c2ccc(F)cc2)cc1[C@@H]1CCNC[C@H]1c1ccc(F)cc1.O=C(O)C(F)(F)F. The van der Waals surface area contributed by atoms with Crippen LogP contribution in [0, 0.1) is 11.6 Å². The highest BCUT2D eigenvalue weighted by molar-refractivity contribution is 5.73. The zero-order valence-electron chi connectivity index (χ0n) is 17.6. The summed E-state index contributed by atoms with van der Waals surface area (Å²) in [4.78, 5) is 8.90. The number of alkyl halides is 3. The molecule has 1 aromatic heterocycles. The maximum Gasteiger partial charge on any atom is 0.490 e. The number of aryl methyl sites for hydroxylation is 1. The second kappa shape index (κ2) is 10.1. The fourth-order valence-electron chi connectivity index (χ4n) is 3.86. The maximum atomic E-state index is 13.3. The summed E-state index contributed by atoms with van der Waals surface area (Å²) >= 11 is 0. The van der Waals surface area contributed by atoms with E-state index < -0.39 is 12.1 Å². The van der Waals surface area contributed by atoms with E-state index in [0.717, 1.165) is 42.0 Å². The Bertz CT molecular complexity index is 1080. The average Bonchev–Trinajstić information content (AvgIpc) is 3.16. The second-order valence-corrected chi connectivity index (χ2v) is 7.65. The highest BCUT2D eigenvalue weighted by atomic mass is 19.4. The molecule has 5 nitrogen and oxygen atoms in total. The van der Waals surface area contributed by atoms with Crippen LogP contribution < -0.4 is 5.32 Å². The Morgan fingerprint density at radius 2 is 1.58 bits per heavy atom. The third kappa shape index (κ3) is 6.16. The van der Waals surface area contributed by atoms with Crippen molar-refractivity contribution in [3.05, 3.63) is 77.5 Å². The van der Waals surface area contributed by atoms with Crippen LogP contribution in [-0.2, 0) is 11.8 Å². The Morgan fingerprint density at radius 1 is 1.03 bits per heavy atom. The zero-order valence-corrected chi connectivity index (χ0v) is 17.6. The molecule has 2 N–H and O–H groups in total. The number of aliphatic carboxylic acids is 1. The number of piperidine rings is 1. The Balaban J connectivity index is 0.000000383. The summed E-state index contributed by atoms with van der Waals surface area (Å²) in [5.74, 6) is -2.66. The quantitative estimate of drug-likeness (QED) is 0.540. The molecule has 10 heteroatoms. The van der Waals surface area contributed by atoms with Crippen LogP contribution in [0.5, 0.6) is 0 Å². The molecule has 33 heavy (non-hydrogen) atoms. The number of hydrogen-bond donors (Lipinski definition) is 2. The number of halogens is 5. The molecule has 0 amide bonds. The van der Waals surface area contributed by atoms with Gasteiger partial charge in [0.15, 0.2) is 0 Å². The van der Waals surface area contributed by atoms with Crippen molar-refractivity contribution in [2.24, 2.45) is 7.05 Å². The van der Waals surface area contributed by atoms with Gasteiger partial charge in [-0.05, 0) is 61.0 Å². The van der Waals surface area contributed by atoms with Crippen molar-refractivity contribution < 1.29 is 31.9 Å². The molecule has 1 aliphatic heterocycles. The minimum absolute atomic E-state index is 0.215. The molecule has 176 valence electrons. The molecule has 1 saturated heterocycles. The van der Waals surface area contributed by atoms with Gasteiger partial charge in [-0.1, -0.05) is 12.1 Å². The lowest BCUT2D eigenvalue weighted by Gasteiger charge is -2.32. The molecular formula is C23H22F5N3O2. The number of carboxylic acids is 1. The highest BCUT2D eigenvalue weighted by Gasteiger charge is 2.38. The van der Waals surface area contributed by atoms with Gasteiger partial charge in [-0.2, -0.15) is 18.3 Å². The second-order valence-electron chi connectivity index (χ2n) is 7.65. The molecule has 0 bridgehead atoms. The topological polar surface area (TPSA) is 67.2 Å². The summed E-state index contributed by atoms with van der Waals surface area (Å²) in [7, 11) is 1.95. The minimum atomic E-state index is -5.08. The number of nitrogens with zero attached hydrogens (tertiary/aromatic N) is 2. The van der Waals surface area contributed by atoms with E-state index in [4.69, 9.17) is 9.90 Å². The first-order valence-corrected chi connectivity index (χ1v) is 10.1. The van der Waals surface area contributed by atoms with Gasteiger partial charge < -0.3 is 10.4 Å². The van der Waals surface area contributed by atoms with Crippen molar-refractivity contribution in [1.29, 1.82) is 0 Å². The van der Waals surface area contributed by atoms with Crippen LogP contribution in [0.3, 0.4) is 0 Å². The fourth-order valence-corrected chi connectivity index (χ4v) is 3.86. The lowest BCUT2D eigenvalue weighted by atomic mass is 9.79. The summed E-state index contributed by atoms with van der Waals surface area (Å²) in [5.41, 5.74) is 4.03. The van der Waals surface area contributed by atoms with E-state index in [0.29, 0.717) is 5.92 Å². The molecule has 4 rings (SSSR count). The van der Waals surface area contributed by atoms with Gasteiger partial charge in [-0.15, -0.1) is 0 Å². The Morgan fingerprint density at radius 3 is 2.12 bits per heavy atom. The fraction of sp³-hybridized carbons (Fsp3) is 0.304. The van der Waals surface area contributed by atoms with Crippen LogP contribution in [0.15, 0.2) is 54.6 Å². The molecule has 1 fully saturated rings. The molecule has 2 atom stereocenters. The van der Waals surface area contributed by atoms with Crippen LogP contribution in [0.4, 0.5) is 22.0 Å². The van der Waals surface area contributed by atoms with Gasteiger partial charge in [0.2, 0.25) is 0 Å². The number of carboxylic acid groups (broad SMARTS) is 1. The summed E-state index contributed by atoms with van der Waals surface area (Å²) < 4.78 is 60.1. The van der Waals surface area contributed by atoms with Crippen LogP contribution in [0.2, 0.25) is 0 Å². The summed E-state index contributed by atoms with van der Waals surface area (Å²) in [6.07, 6.45) is -4.09. The monoisotopic (exact) mass is 467 g/mol. The van der Waals surface area contributed by atoms with Crippen LogP contribution in [-0.4, -0.2) is 40.1 Å². The molecule has 3 aromatic rings. The van der Waals surface area contributed by atoms with Crippen LogP contribution >= 0.6 is 0 Å². The minimum Gasteiger partial charge on any atom is -0.475 e. The van der Waals surface area contributed by atoms with E-state index in [1.807, 2.05) is 23.9 Å². The average molecular weight is 467 g/mol. The summed E-state index contributed by atoms with van der Waals surface area (Å²) in [6, 6.07) is 15.3. The molecule has 2 aromatic carbocycles. The molecule has 0 saturated carbocycles. The van der Waals surface area contributed by atoms with Gasteiger partial charge in [-0.25, -0.2) is 13.6 Å². The third-order valence-corrected chi connectivity index (χ3v) is 5.46. The predicted octanol–water partition coefficient (Wildman–Crippen LogP) is 4.86. The first-order valence-electron chi connectivity index (χ1n) is 10.1. The van der Waals surface area contributed by atoms with Crippen molar-refractivity contribution in [2.45, 2.75) is 24.4 Å². The van der Waals surface area contributed by atoms with E-state index in [-0.39, 0.29) is 17.6 Å². The standard InChI is InChI=1S/C21H21F2N3.C2HF3O2/c1-26-21(12-20(25-26)15-4-8-17(23)9-5-15)18-10-11-24-13-19(18)14-2-6-16(22)7-3-14;3-2(4,5)1(6)7/h2-9,12,18-19,24H,10-11,13H2,1H3;(H,6,7)/t18-,19+;/m1./s1. The number of benzene rings is 2. The third-order valence-electron chi connectivity index (χ3n) is 5.46. The molecule has 2 heterocycles. The van der Waals surface area contributed by atoms with Gasteiger partial charge >= 0.3 is 12.1 Å².